The third-order valence-corrected chi connectivity index (χ3v) is 13.0. The smallest absolute Gasteiger partial charge is 0.420 e. The Hall–Kier alpha value is -6.61. The number of hydrogen-bond donors (Lipinski definition) is 2. The number of likely N-dealkylation sites (tertiary alicyclic amines) is 1. The van der Waals surface area contributed by atoms with Crippen LogP contribution in [0.15, 0.2) is 54.2 Å². The number of nitrogens with one attached hydrogen (secondary N) is 2. The highest BCUT2D eigenvalue weighted by molar-refractivity contribution is 7.81. The van der Waals surface area contributed by atoms with Crippen LogP contribution in [0.5, 0.6) is 5.88 Å². The minimum atomic E-state index is -5.27. The van der Waals surface area contributed by atoms with Crippen molar-refractivity contribution in [3.8, 4) is 22.4 Å². The van der Waals surface area contributed by atoms with Gasteiger partial charge in [-0.25, -0.2) is 19.2 Å². The van der Waals surface area contributed by atoms with Crippen molar-refractivity contribution in [2.45, 2.75) is 84.7 Å². The third-order valence-electron chi connectivity index (χ3n) is 11.7. The largest absolute Gasteiger partial charge is 0.475 e. The normalized spacial score (nSPS) is 16.2. The Labute approximate surface area is 416 Å². The lowest BCUT2D eigenvalue weighted by atomic mass is 9.85. The second-order valence-electron chi connectivity index (χ2n) is 18.0. The maximum atomic E-state index is 15.5. The number of esters is 1. The van der Waals surface area contributed by atoms with Gasteiger partial charge >= 0.3 is 12.1 Å². The number of thiazole rings is 1. The Morgan fingerprint density at radius 1 is 1.03 bits per heavy atom. The molecule has 23 heteroatoms. The van der Waals surface area contributed by atoms with Crippen LogP contribution < -0.4 is 25.2 Å². The topological polar surface area (TPSA) is 206 Å². The van der Waals surface area contributed by atoms with Crippen LogP contribution in [-0.2, 0) is 46.1 Å². The predicted molar refractivity (Wildman–Crippen MR) is 256 cm³/mol. The molecule has 2 fully saturated rings. The van der Waals surface area contributed by atoms with Crippen molar-refractivity contribution in [3.05, 3.63) is 87.9 Å². The van der Waals surface area contributed by atoms with Crippen molar-refractivity contribution in [1.82, 2.24) is 25.5 Å². The zero-order valence-electron chi connectivity index (χ0n) is 39.9. The summed E-state index contributed by atoms with van der Waals surface area (Å²) < 4.78 is 78.7. The summed E-state index contributed by atoms with van der Waals surface area (Å²) in [6, 6.07) is 10.4. The number of rotatable bonds is 18. The number of aromatic nitrogens is 2. The van der Waals surface area contributed by atoms with Crippen molar-refractivity contribution in [2.75, 3.05) is 56.5 Å². The Morgan fingerprint density at radius 3 is 2.35 bits per heavy atom. The number of hydrogen-bond acceptors (Lipinski definition) is 14. The highest BCUT2D eigenvalue weighted by atomic mass is 32.1. The predicted octanol–water partition coefficient (Wildman–Crippen LogP) is 6.50. The number of thiocarbonyl (C=S) groups is 1. The first-order valence-corrected chi connectivity index (χ1v) is 23.5. The molecule has 2 unspecified atom stereocenters. The molecule has 4 amide bonds. The number of nitrogens with zero attached hydrogens (tertiary/aromatic N) is 6. The van der Waals surface area contributed by atoms with E-state index in [0.717, 1.165) is 40.9 Å². The van der Waals surface area contributed by atoms with Gasteiger partial charge in [0.25, 0.3) is 5.91 Å². The number of anilines is 2. The van der Waals surface area contributed by atoms with E-state index < -0.39 is 74.7 Å². The molecule has 2 aromatic carbocycles. The van der Waals surface area contributed by atoms with Crippen LogP contribution in [0.25, 0.3) is 10.4 Å². The van der Waals surface area contributed by atoms with Gasteiger partial charge in [0, 0.05) is 13.1 Å². The molecule has 2 atom stereocenters. The monoisotopic (exact) mass is 1020 g/mol. The van der Waals surface area contributed by atoms with Gasteiger partial charge in [0.1, 0.15) is 42.0 Å². The van der Waals surface area contributed by atoms with E-state index >= 15 is 4.39 Å². The molecule has 2 aromatic heterocycles. The lowest BCUT2D eigenvalue weighted by Gasteiger charge is -2.35. The molecule has 2 N–H and O–H groups in total. The molecule has 4 heterocycles. The van der Waals surface area contributed by atoms with Gasteiger partial charge in [-0.15, -0.1) is 11.3 Å². The first-order valence-electron chi connectivity index (χ1n) is 22.2. The van der Waals surface area contributed by atoms with Crippen LogP contribution in [0.3, 0.4) is 0 Å². The Kier molecular flexibility index (Phi) is 16.8. The van der Waals surface area contributed by atoms with Crippen molar-refractivity contribution in [3.63, 3.8) is 0 Å². The zero-order chi connectivity index (χ0) is 52.0. The standard InChI is InChI=1S/C48H52F4N8O9S2/c1-27-38(71-26-56-27)29-12-10-28(11-13-29)23-54-40(62)34-9-8-16-58(34)42(63)39(46(2,3)4)57-35(61)25-68-18-17-67-19-20-69-41-32(43(64)66-7)21-31(24-55-41)60-45(70)59(44(65)47(60,5)6)33-15-14-30(22-53)36(37(33)49)48(50,51)52/h10-15,21,24,26,34,39H,8-9,16-20,23,25H2,1-7H3,(H,54,62)(H,57,61). The highest BCUT2D eigenvalue weighted by Gasteiger charge is 2.52. The van der Waals surface area contributed by atoms with Crippen LogP contribution in [0, 0.1) is 29.5 Å². The van der Waals surface area contributed by atoms with Gasteiger partial charge in [-0.1, -0.05) is 45.0 Å². The molecule has 0 saturated carbocycles. The molecule has 0 aliphatic carbocycles. The van der Waals surface area contributed by atoms with Gasteiger partial charge in [-0.3, -0.25) is 24.1 Å². The number of nitriles is 1. The molecule has 4 aromatic rings. The average molecular weight is 1030 g/mol. The van der Waals surface area contributed by atoms with Crippen molar-refractivity contribution in [1.29, 1.82) is 5.26 Å². The van der Waals surface area contributed by atoms with Crippen LogP contribution in [0.1, 0.15) is 80.2 Å². The number of alkyl halides is 3. The lowest BCUT2D eigenvalue weighted by molar-refractivity contribution is -0.144. The van der Waals surface area contributed by atoms with Gasteiger partial charge in [-0.2, -0.15) is 18.4 Å². The van der Waals surface area contributed by atoms with Crippen LogP contribution in [0.2, 0.25) is 0 Å². The van der Waals surface area contributed by atoms with Crippen molar-refractivity contribution in [2.24, 2.45) is 5.41 Å². The fourth-order valence-electron chi connectivity index (χ4n) is 8.05. The van der Waals surface area contributed by atoms with Crippen LogP contribution >= 0.6 is 23.6 Å². The second-order valence-corrected chi connectivity index (χ2v) is 19.3. The minimum Gasteiger partial charge on any atom is -0.475 e. The number of aryl methyl sites for hydroxylation is 1. The van der Waals surface area contributed by atoms with Crippen LogP contribution in [0.4, 0.5) is 28.9 Å². The molecule has 71 heavy (non-hydrogen) atoms. The molecule has 6 rings (SSSR count). The Balaban J connectivity index is 0.974. The van der Waals surface area contributed by atoms with Crippen molar-refractivity contribution >= 4 is 69.6 Å². The summed E-state index contributed by atoms with van der Waals surface area (Å²) >= 11 is 7.06. The molecule has 2 saturated heterocycles. The molecular weight excluding hydrogens is 973 g/mol. The van der Waals surface area contributed by atoms with Crippen molar-refractivity contribution < 1.29 is 60.5 Å². The van der Waals surface area contributed by atoms with E-state index in [-0.39, 0.29) is 68.5 Å². The summed E-state index contributed by atoms with van der Waals surface area (Å²) in [5.74, 6) is -5.08. The van der Waals surface area contributed by atoms with E-state index in [0.29, 0.717) is 24.3 Å². The van der Waals surface area contributed by atoms with E-state index in [4.69, 9.17) is 31.2 Å². The number of amides is 4. The highest BCUT2D eigenvalue weighted by Crippen LogP contribution is 2.42. The third kappa shape index (κ3) is 12.0. The summed E-state index contributed by atoms with van der Waals surface area (Å²) in [5.41, 5.74) is -1.51. The van der Waals surface area contributed by atoms with E-state index in [1.807, 2.05) is 52.0 Å². The van der Waals surface area contributed by atoms with Crippen LogP contribution in [-0.4, -0.2) is 114 Å². The number of benzene rings is 2. The average Bonchev–Trinajstić information content (AvgIpc) is 4.03. The Morgan fingerprint density at radius 2 is 1.72 bits per heavy atom. The van der Waals surface area contributed by atoms with Gasteiger partial charge < -0.3 is 39.4 Å². The molecule has 0 bridgehead atoms. The lowest BCUT2D eigenvalue weighted by Crippen LogP contribution is -2.58. The van der Waals surface area contributed by atoms with Gasteiger partial charge in [0.15, 0.2) is 10.9 Å². The number of ether oxygens (including phenoxy) is 4. The zero-order valence-corrected chi connectivity index (χ0v) is 41.5. The molecular formula is C48H52F4N8O9S2. The number of carbonyl (C=O) groups is 5. The molecule has 0 radical (unpaired) electrons. The first kappa shape index (κ1) is 53.7. The summed E-state index contributed by atoms with van der Waals surface area (Å²) in [4.78, 5) is 79.9. The van der Waals surface area contributed by atoms with E-state index in [9.17, 15) is 42.4 Å². The fraction of sp³-hybridized carbons (Fsp3) is 0.438. The maximum Gasteiger partial charge on any atom is 0.420 e. The quantitative estimate of drug-likeness (QED) is 0.0473. The van der Waals surface area contributed by atoms with Gasteiger partial charge in [0.05, 0.1) is 72.2 Å². The van der Waals surface area contributed by atoms with Gasteiger partial charge in [-0.05, 0) is 80.6 Å². The van der Waals surface area contributed by atoms with E-state index in [1.165, 1.54) is 42.0 Å². The fourth-order valence-corrected chi connectivity index (χ4v) is 9.37. The number of pyridine rings is 1. The number of halogens is 4. The molecule has 378 valence electrons. The summed E-state index contributed by atoms with van der Waals surface area (Å²) in [5, 5.41) is 14.5. The summed E-state index contributed by atoms with van der Waals surface area (Å²) in [6.07, 6.45) is -2.96. The molecule has 0 spiro atoms. The second kappa shape index (κ2) is 22.2. The SMILES string of the molecule is COC(=O)c1cc(N2C(=S)N(c3ccc(C#N)c(C(F)(F)F)c3F)C(=O)C2(C)C)cnc1OCCOCCOCC(=O)NC(C(=O)N1CCCC1C(=O)NCc1ccc(-c2scnc2C)cc1)C(C)(C)C. The molecule has 2 aliphatic rings. The van der Waals surface area contributed by atoms with Gasteiger partial charge in [0.2, 0.25) is 23.6 Å². The first-order chi connectivity index (χ1) is 33.5. The number of methoxy groups -OCH3 is 1. The molecule has 17 nitrogen and oxygen atoms in total. The Bertz CT molecular complexity index is 2720. The summed E-state index contributed by atoms with van der Waals surface area (Å²) in [6.45, 7) is 10.3. The maximum absolute atomic E-state index is 15.5. The van der Waals surface area contributed by atoms with E-state index in [2.05, 4.69) is 20.6 Å². The van der Waals surface area contributed by atoms with E-state index in [1.54, 1.807) is 16.8 Å². The summed E-state index contributed by atoms with van der Waals surface area (Å²) in [7, 11) is 1.10. The molecule has 2 aliphatic heterocycles. The number of carbonyl (C=O) groups excluding carboxylic acids is 5. The minimum absolute atomic E-state index is 0.0177.